The van der Waals surface area contributed by atoms with Gasteiger partial charge in [-0.05, 0) is 44.2 Å². The Labute approximate surface area is 144 Å². The van der Waals surface area contributed by atoms with Crippen molar-refractivity contribution in [2.75, 3.05) is 11.9 Å². The number of anilines is 1. The largest absolute Gasteiger partial charge is 0.462 e. The van der Waals surface area contributed by atoms with Crippen LogP contribution >= 0.6 is 11.3 Å². The van der Waals surface area contributed by atoms with Crippen LogP contribution in [0.4, 0.5) is 5.00 Å². The van der Waals surface area contributed by atoms with Gasteiger partial charge in [0.25, 0.3) is 5.91 Å². The van der Waals surface area contributed by atoms with Gasteiger partial charge in [0, 0.05) is 18.1 Å². The van der Waals surface area contributed by atoms with Crippen LogP contribution in [0.25, 0.3) is 0 Å². The molecule has 128 valence electrons. The summed E-state index contributed by atoms with van der Waals surface area (Å²) < 4.78 is 6.80. The number of amides is 1. The lowest BCUT2D eigenvalue weighted by atomic mass is 10.1. The minimum atomic E-state index is -0.353. The maximum Gasteiger partial charge on any atom is 0.341 e. The Balaban J connectivity index is 1.94. The van der Waals surface area contributed by atoms with Gasteiger partial charge in [0.2, 0.25) is 0 Å². The van der Waals surface area contributed by atoms with Crippen LogP contribution in [0.15, 0.2) is 12.3 Å². The van der Waals surface area contributed by atoms with Crippen molar-refractivity contribution in [3.63, 3.8) is 0 Å². The molecule has 2 heterocycles. The fraction of sp³-hybridized carbons (Fsp3) is 0.471. The summed E-state index contributed by atoms with van der Waals surface area (Å²) in [6, 6.07) is 1.65. The SMILES string of the molecule is CCOC(=O)c1c(NC(=O)c2ccn(C)n2)sc2c1CCCCC2. The van der Waals surface area contributed by atoms with E-state index in [1.807, 2.05) is 0 Å². The fourth-order valence-electron chi connectivity index (χ4n) is 2.95. The van der Waals surface area contributed by atoms with Gasteiger partial charge in [-0.25, -0.2) is 4.79 Å². The van der Waals surface area contributed by atoms with Gasteiger partial charge in [-0.15, -0.1) is 11.3 Å². The van der Waals surface area contributed by atoms with Crippen LogP contribution in [0, 0.1) is 0 Å². The molecule has 0 saturated carbocycles. The van der Waals surface area contributed by atoms with Crippen molar-refractivity contribution in [2.24, 2.45) is 7.05 Å². The first-order valence-corrected chi connectivity index (χ1v) is 9.04. The maximum absolute atomic E-state index is 12.4. The highest BCUT2D eigenvalue weighted by molar-refractivity contribution is 7.17. The molecule has 0 bridgehead atoms. The molecular weight excluding hydrogens is 326 g/mol. The Morgan fingerprint density at radius 2 is 2.12 bits per heavy atom. The Morgan fingerprint density at radius 3 is 2.83 bits per heavy atom. The monoisotopic (exact) mass is 347 g/mol. The molecule has 0 saturated heterocycles. The summed E-state index contributed by atoms with van der Waals surface area (Å²) in [4.78, 5) is 26.0. The lowest BCUT2D eigenvalue weighted by Gasteiger charge is -2.07. The van der Waals surface area contributed by atoms with Crippen molar-refractivity contribution in [3.05, 3.63) is 34.0 Å². The van der Waals surface area contributed by atoms with Crippen molar-refractivity contribution >= 4 is 28.2 Å². The van der Waals surface area contributed by atoms with Crippen molar-refractivity contribution in [1.29, 1.82) is 0 Å². The number of nitrogens with one attached hydrogen (secondary N) is 1. The summed E-state index contributed by atoms with van der Waals surface area (Å²) in [5.74, 6) is -0.661. The number of hydrogen-bond acceptors (Lipinski definition) is 5. The number of hydrogen-bond donors (Lipinski definition) is 1. The standard InChI is InChI=1S/C17H21N3O3S/c1-3-23-17(22)14-11-7-5-4-6-8-13(11)24-16(14)18-15(21)12-9-10-20(2)19-12/h9-10H,3-8H2,1-2H3,(H,18,21). The van der Waals surface area contributed by atoms with Gasteiger partial charge in [0.05, 0.1) is 12.2 Å². The third-order valence-corrected chi connectivity index (χ3v) is 5.28. The zero-order valence-corrected chi connectivity index (χ0v) is 14.7. The molecule has 7 heteroatoms. The summed E-state index contributed by atoms with van der Waals surface area (Å²) in [5.41, 5.74) is 1.91. The molecule has 2 aromatic rings. The first kappa shape index (κ1) is 16.7. The van der Waals surface area contributed by atoms with Crippen LogP contribution in [0.3, 0.4) is 0 Å². The second-order valence-corrected chi connectivity index (χ2v) is 6.92. The molecule has 2 aromatic heterocycles. The van der Waals surface area contributed by atoms with E-state index in [-0.39, 0.29) is 11.9 Å². The van der Waals surface area contributed by atoms with Gasteiger partial charge in [-0.3, -0.25) is 9.48 Å². The van der Waals surface area contributed by atoms with Crippen LogP contribution in [0.5, 0.6) is 0 Å². The van der Waals surface area contributed by atoms with E-state index in [0.29, 0.717) is 22.9 Å². The molecule has 0 atom stereocenters. The van der Waals surface area contributed by atoms with Crippen LogP contribution in [-0.4, -0.2) is 28.3 Å². The Bertz CT molecular complexity index is 763. The number of aryl methyl sites for hydroxylation is 2. The summed E-state index contributed by atoms with van der Waals surface area (Å²) in [6.07, 6.45) is 6.86. The van der Waals surface area contributed by atoms with E-state index < -0.39 is 0 Å². The summed E-state index contributed by atoms with van der Waals surface area (Å²) in [5, 5.41) is 7.55. The number of esters is 1. The smallest absolute Gasteiger partial charge is 0.341 e. The number of aromatic nitrogens is 2. The number of carbonyl (C=O) groups excluding carboxylic acids is 2. The lowest BCUT2D eigenvalue weighted by Crippen LogP contribution is -2.16. The van der Waals surface area contributed by atoms with Crippen LogP contribution < -0.4 is 5.32 Å². The van der Waals surface area contributed by atoms with E-state index in [1.54, 1.807) is 30.9 Å². The molecule has 0 fully saturated rings. The molecule has 0 aliphatic heterocycles. The van der Waals surface area contributed by atoms with Crippen molar-refractivity contribution in [2.45, 2.75) is 39.0 Å². The molecule has 0 spiro atoms. The number of fused-ring (bicyclic) bond motifs is 1. The van der Waals surface area contributed by atoms with E-state index in [0.717, 1.165) is 31.2 Å². The molecule has 3 rings (SSSR count). The lowest BCUT2D eigenvalue weighted by molar-refractivity contribution is 0.0527. The van der Waals surface area contributed by atoms with E-state index in [9.17, 15) is 9.59 Å². The highest BCUT2D eigenvalue weighted by atomic mass is 32.1. The highest BCUT2D eigenvalue weighted by Gasteiger charge is 2.27. The van der Waals surface area contributed by atoms with E-state index in [4.69, 9.17) is 4.74 Å². The van der Waals surface area contributed by atoms with Gasteiger partial charge < -0.3 is 10.1 Å². The minimum absolute atomic E-state index is 0.308. The quantitative estimate of drug-likeness (QED) is 0.681. The van der Waals surface area contributed by atoms with Gasteiger partial charge in [-0.1, -0.05) is 6.42 Å². The van der Waals surface area contributed by atoms with Crippen LogP contribution in [-0.2, 0) is 24.6 Å². The van der Waals surface area contributed by atoms with Crippen molar-refractivity contribution < 1.29 is 14.3 Å². The molecule has 1 amide bonds. The summed E-state index contributed by atoms with van der Waals surface area (Å²) >= 11 is 1.49. The molecule has 24 heavy (non-hydrogen) atoms. The van der Waals surface area contributed by atoms with E-state index >= 15 is 0 Å². The maximum atomic E-state index is 12.4. The van der Waals surface area contributed by atoms with Gasteiger partial charge >= 0.3 is 5.97 Å². The Kier molecular flexibility index (Phi) is 4.99. The third kappa shape index (κ3) is 3.36. The predicted molar refractivity (Wildman–Crippen MR) is 92.7 cm³/mol. The topological polar surface area (TPSA) is 73.2 Å². The van der Waals surface area contributed by atoms with E-state index in [2.05, 4.69) is 10.4 Å². The molecule has 6 nitrogen and oxygen atoms in total. The Hall–Kier alpha value is -2.15. The Morgan fingerprint density at radius 1 is 1.33 bits per heavy atom. The van der Waals surface area contributed by atoms with Crippen LogP contribution in [0.2, 0.25) is 0 Å². The molecule has 1 aliphatic carbocycles. The zero-order chi connectivity index (χ0) is 17.1. The number of thiophene rings is 1. The van der Waals surface area contributed by atoms with Gasteiger partial charge in [0.1, 0.15) is 5.00 Å². The van der Waals surface area contributed by atoms with Crippen LogP contribution in [0.1, 0.15) is 57.5 Å². The first-order chi connectivity index (χ1) is 11.6. The van der Waals surface area contributed by atoms with Crippen molar-refractivity contribution in [1.82, 2.24) is 9.78 Å². The van der Waals surface area contributed by atoms with Crippen molar-refractivity contribution in [3.8, 4) is 0 Å². The first-order valence-electron chi connectivity index (χ1n) is 8.22. The summed E-state index contributed by atoms with van der Waals surface area (Å²) in [7, 11) is 1.76. The predicted octanol–water partition coefficient (Wildman–Crippen LogP) is 3.18. The number of rotatable bonds is 4. The third-order valence-electron chi connectivity index (χ3n) is 4.07. The molecule has 0 radical (unpaired) electrons. The highest BCUT2D eigenvalue weighted by Crippen LogP contribution is 2.38. The molecule has 0 unspecified atom stereocenters. The number of ether oxygens (including phenoxy) is 1. The molecule has 1 N–H and O–H groups in total. The average Bonchev–Trinajstić information content (AvgIpc) is 3.04. The van der Waals surface area contributed by atoms with Gasteiger partial charge in [-0.2, -0.15) is 5.10 Å². The number of carbonyl (C=O) groups is 2. The summed E-state index contributed by atoms with van der Waals surface area (Å²) in [6.45, 7) is 2.10. The number of nitrogens with zero attached hydrogens (tertiary/aromatic N) is 2. The second-order valence-electron chi connectivity index (χ2n) is 5.82. The molecule has 1 aliphatic rings. The zero-order valence-electron chi connectivity index (χ0n) is 13.9. The second kappa shape index (κ2) is 7.17. The van der Waals surface area contributed by atoms with Gasteiger partial charge in [0.15, 0.2) is 5.69 Å². The molecular formula is C17H21N3O3S. The van der Waals surface area contributed by atoms with E-state index in [1.165, 1.54) is 22.6 Å². The average molecular weight is 347 g/mol. The molecule has 0 aromatic carbocycles. The minimum Gasteiger partial charge on any atom is -0.462 e. The fourth-order valence-corrected chi connectivity index (χ4v) is 4.23. The normalized spacial score (nSPS) is 13.9.